The monoisotopic (exact) mass is 846 g/mol. The number of ether oxygens (including phenoxy) is 3. The van der Waals surface area contributed by atoms with E-state index in [1.807, 2.05) is 38.4 Å². The van der Waals surface area contributed by atoms with Crippen molar-refractivity contribution in [2.45, 2.75) is 77.7 Å². The molecule has 2 saturated carbocycles. The van der Waals surface area contributed by atoms with Crippen molar-refractivity contribution in [2.75, 3.05) is 40.9 Å². The molecule has 1 aliphatic heterocycles. The Hall–Kier alpha value is -6.38. The summed E-state index contributed by atoms with van der Waals surface area (Å²) in [5, 5.41) is 7.97. The Morgan fingerprint density at radius 2 is 1.40 bits per heavy atom. The summed E-state index contributed by atoms with van der Waals surface area (Å²) in [4.78, 5) is 66.8. The Bertz CT molecular complexity index is 2370. The van der Waals surface area contributed by atoms with Crippen LogP contribution in [0.2, 0.25) is 0 Å². The van der Waals surface area contributed by atoms with E-state index in [1.54, 1.807) is 11.9 Å². The summed E-state index contributed by atoms with van der Waals surface area (Å²) in [6, 6.07) is 11.9. The van der Waals surface area contributed by atoms with Crippen molar-refractivity contribution >= 4 is 24.0 Å². The molecule has 0 radical (unpaired) electrons. The van der Waals surface area contributed by atoms with Crippen molar-refractivity contribution in [3.8, 4) is 34.0 Å². The third-order valence-electron chi connectivity index (χ3n) is 12.0. The van der Waals surface area contributed by atoms with Gasteiger partial charge in [0.05, 0.1) is 38.0 Å². The van der Waals surface area contributed by atoms with E-state index in [1.165, 1.54) is 19.8 Å². The van der Waals surface area contributed by atoms with Gasteiger partial charge >= 0.3 is 12.2 Å². The van der Waals surface area contributed by atoms with E-state index in [0.717, 1.165) is 88.0 Å². The van der Waals surface area contributed by atoms with Gasteiger partial charge in [-0.2, -0.15) is 0 Å². The number of carbonyl (C=O) groups excluding carboxylic acids is 4. The first kappa shape index (κ1) is 43.7. The second kappa shape index (κ2) is 18.7. The number of alkyl carbamates (subject to hydrolysis) is 2. The smallest absolute Gasteiger partial charge is 0.407 e. The van der Waals surface area contributed by atoms with E-state index in [4.69, 9.17) is 14.5 Å². The van der Waals surface area contributed by atoms with Gasteiger partial charge in [0.25, 0.3) is 0 Å². The molecule has 0 bridgehead atoms. The fraction of sp³-hybridized carbons (Fsp3) is 0.447. The molecule has 1 atom stereocenters. The number of nitrogens with one attached hydrogen (secondary N) is 5. The lowest BCUT2D eigenvalue weighted by atomic mass is 9.75. The summed E-state index contributed by atoms with van der Waals surface area (Å²) >= 11 is 0. The SMILES string of the molecule is COC(=O)NCC(=O)NC/C(=C\Cc1ncc(-c2ccc3c(c2)C(C)(C)c2ccc(-c4cnc(C/C=C(\CN(C)C(=O)C(NC(=O)OC)C(C)C)C5CC5)[nH]4)cc2O3)[nH]1)C1CC1. The number of hydrogen-bond acceptors (Lipinski definition) is 9. The van der Waals surface area contributed by atoms with E-state index < -0.39 is 18.2 Å². The lowest BCUT2D eigenvalue weighted by Gasteiger charge is -2.35. The number of fused-ring (bicyclic) bond motifs is 2. The molecule has 15 heteroatoms. The molecule has 4 aromatic rings. The Morgan fingerprint density at radius 1 is 0.806 bits per heavy atom. The van der Waals surface area contributed by atoms with Gasteiger partial charge in [0, 0.05) is 60.6 Å². The van der Waals surface area contributed by atoms with E-state index >= 15 is 0 Å². The molecule has 3 heterocycles. The van der Waals surface area contributed by atoms with Gasteiger partial charge in [-0.1, -0.05) is 63.1 Å². The minimum absolute atomic E-state index is 0.0911. The van der Waals surface area contributed by atoms with Gasteiger partial charge in [-0.25, -0.2) is 19.6 Å². The molecule has 2 aromatic heterocycles. The number of aromatic amines is 2. The molecule has 0 spiro atoms. The van der Waals surface area contributed by atoms with Crippen LogP contribution in [0.5, 0.6) is 11.5 Å². The standard InChI is InChI=1S/C47H58N8O7/c1-27(2)43(54-46(59)61-7)44(57)55(5)26-33(29-10-11-29)15-19-41-49-24-37(53-41)31-12-16-34-39(21-31)62-38-17-13-30(20-35(38)47(34,3)4)36-23-48-40(52-36)18-14-32(28-8-9-28)22-50-42(56)25-51-45(58)60-6/h12-17,20-21,23-24,27-29,43H,8-11,18-19,22,25-26H2,1-7H3,(H,48,52)(H,49,53)(H,50,56)(H,51,58)(H,54,59)/b32-14+,33-15+. The number of hydrogen-bond donors (Lipinski definition) is 5. The Kier molecular flexibility index (Phi) is 13.2. The minimum atomic E-state index is -0.671. The van der Waals surface area contributed by atoms with Crippen LogP contribution < -0.4 is 20.7 Å². The van der Waals surface area contributed by atoms with Crippen molar-refractivity contribution in [1.29, 1.82) is 0 Å². The third kappa shape index (κ3) is 10.4. The Morgan fingerprint density at radius 3 is 2.02 bits per heavy atom. The maximum atomic E-state index is 13.3. The molecule has 15 nitrogen and oxygen atoms in total. The molecule has 5 N–H and O–H groups in total. The number of amides is 4. The molecule has 4 amide bonds. The molecular formula is C47H58N8O7. The summed E-state index contributed by atoms with van der Waals surface area (Å²) in [6.07, 6.45) is 12.3. The number of aromatic nitrogens is 4. The zero-order valence-corrected chi connectivity index (χ0v) is 36.6. The number of likely N-dealkylation sites (N-methyl/N-ethyl adjacent to an activating group) is 1. The molecule has 2 aliphatic carbocycles. The number of nitrogens with zero attached hydrogens (tertiary/aromatic N) is 3. The summed E-state index contributed by atoms with van der Waals surface area (Å²) in [6.45, 7) is 9.00. The molecule has 0 saturated heterocycles. The molecule has 62 heavy (non-hydrogen) atoms. The Labute approximate surface area is 362 Å². The lowest BCUT2D eigenvalue weighted by Crippen LogP contribution is -2.50. The fourth-order valence-electron chi connectivity index (χ4n) is 7.94. The summed E-state index contributed by atoms with van der Waals surface area (Å²) in [5.41, 5.74) is 7.94. The number of H-pyrrole nitrogens is 2. The summed E-state index contributed by atoms with van der Waals surface area (Å²) < 4.78 is 15.9. The second-order valence-corrected chi connectivity index (χ2v) is 17.3. The molecule has 2 aromatic carbocycles. The maximum absolute atomic E-state index is 13.3. The highest BCUT2D eigenvalue weighted by Gasteiger charge is 2.35. The summed E-state index contributed by atoms with van der Waals surface area (Å²) in [7, 11) is 4.33. The van der Waals surface area contributed by atoms with Crippen LogP contribution in [0.3, 0.4) is 0 Å². The Balaban J connectivity index is 0.988. The number of benzene rings is 2. The average Bonchev–Trinajstić information content (AvgIpc) is 4.20. The number of imidazole rings is 2. The first-order chi connectivity index (χ1) is 29.7. The van der Waals surface area contributed by atoms with E-state index in [-0.39, 0.29) is 29.7 Å². The van der Waals surface area contributed by atoms with Gasteiger partial charge in [0.15, 0.2) is 0 Å². The maximum Gasteiger partial charge on any atom is 0.407 e. The topological polar surface area (TPSA) is 193 Å². The van der Waals surface area contributed by atoms with Crippen LogP contribution in [0.15, 0.2) is 72.1 Å². The molecule has 1 unspecified atom stereocenters. The van der Waals surface area contributed by atoms with Gasteiger partial charge in [-0.3, -0.25) is 9.59 Å². The van der Waals surface area contributed by atoms with Crippen molar-refractivity contribution in [3.05, 3.63) is 94.9 Å². The highest BCUT2D eigenvalue weighted by atomic mass is 16.5. The predicted octanol–water partition coefficient (Wildman–Crippen LogP) is 6.97. The molecule has 328 valence electrons. The van der Waals surface area contributed by atoms with Crippen molar-refractivity contribution in [2.24, 2.45) is 17.8 Å². The van der Waals surface area contributed by atoms with Crippen LogP contribution in [-0.4, -0.2) is 95.8 Å². The first-order valence-corrected chi connectivity index (χ1v) is 21.3. The van der Waals surface area contributed by atoms with E-state index in [0.29, 0.717) is 37.8 Å². The quantitative estimate of drug-likeness (QED) is 0.0699. The molecule has 3 aliphatic rings. The van der Waals surface area contributed by atoms with Crippen LogP contribution in [0.1, 0.15) is 76.2 Å². The van der Waals surface area contributed by atoms with Crippen LogP contribution in [0.4, 0.5) is 9.59 Å². The van der Waals surface area contributed by atoms with Crippen LogP contribution >= 0.6 is 0 Å². The van der Waals surface area contributed by atoms with Crippen molar-refractivity contribution in [1.82, 2.24) is 40.8 Å². The largest absolute Gasteiger partial charge is 0.457 e. The predicted molar refractivity (Wildman–Crippen MR) is 234 cm³/mol. The molecule has 7 rings (SSSR count). The van der Waals surface area contributed by atoms with Crippen molar-refractivity contribution < 1.29 is 33.4 Å². The highest BCUT2D eigenvalue weighted by Crippen LogP contribution is 2.49. The van der Waals surface area contributed by atoms with Crippen molar-refractivity contribution in [3.63, 3.8) is 0 Å². The van der Waals surface area contributed by atoms with Gasteiger partial charge in [-0.05, 0) is 67.7 Å². The first-order valence-electron chi connectivity index (χ1n) is 21.3. The zero-order chi connectivity index (χ0) is 44.1. The van der Waals surface area contributed by atoms with Crippen LogP contribution in [-0.2, 0) is 37.3 Å². The fourth-order valence-corrected chi connectivity index (χ4v) is 7.94. The molecular weight excluding hydrogens is 789 g/mol. The van der Waals surface area contributed by atoms with Crippen LogP contribution in [0.25, 0.3) is 22.5 Å². The average molecular weight is 847 g/mol. The van der Waals surface area contributed by atoms with E-state index in [9.17, 15) is 19.2 Å². The normalized spacial score (nSPS) is 16.1. The number of methoxy groups -OCH3 is 2. The number of rotatable bonds is 17. The lowest BCUT2D eigenvalue weighted by molar-refractivity contribution is -0.132. The second-order valence-electron chi connectivity index (χ2n) is 17.3. The van der Waals surface area contributed by atoms with Gasteiger partial charge < -0.3 is 45.0 Å². The summed E-state index contributed by atoms with van der Waals surface area (Å²) in [5.74, 6) is 3.63. The van der Waals surface area contributed by atoms with Gasteiger partial charge in [0.2, 0.25) is 11.8 Å². The minimum Gasteiger partial charge on any atom is -0.457 e. The number of allylic oxidation sites excluding steroid dienone is 2. The molecule has 2 fully saturated rings. The zero-order valence-electron chi connectivity index (χ0n) is 36.6. The van der Waals surface area contributed by atoms with Crippen LogP contribution in [0, 0.1) is 17.8 Å². The van der Waals surface area contributed by atoms with Gasteiger partial charge in [-0.15, -0.1) is 0 Å². The number of carbonyl (C=O) groups is 4. The highest BCUT2D eigenvalue weighted by molar-refractivity contribution is 5.86. The van der Waals surface area contributed by atoms with Gasteiger partial charge in [0.1, 0.15) is 35.7 Å². The van der Waals surface area contributed by atoms with E-state index in [2.05, 4.69) is 85.9 Å². The third-order valence-corrected chi connectivity index (χ3v) is 12.0.